The van der Waals surface area contributed by atoms with Gasteiger partial charge in [-0.05, 0) is 63.0 Å². The van der Waals surface area contributed by atoms with Crippen LogP contribution in [-0.4, -0.2) is 31.0 Å². The van der Waals surface area contributed by atoms with E-state index in [0.29, 0.717) is 20.8 Å². The van der Waals surface area contributed by atoms with E-state index in [4.69, 9.17) is 9.47 Å². The zero-order chi connectivity index (χ0) is 20.8. The summed E-state index contributed by atoms with van der Waals surface area (Å²) in [6.07, 6.45) is 0.963. The van der Waals surface area contributed by atoms with Crippen molar-refractivity contribution in [2.24, 2.45) is 4.99 Å². The number of methoxy groups -OCH3 is 1. The summed E-state index contributed by atoms with van der Waals surface area (Å²) >= 11 is 6.63. The molecule has 28 heavy (non-hydrogen) atoms. The summed E-state index contributed by atoms with van der Waals surface area (Å²) in [5, 5.41) is 10.7. The van der Waals surface area contributed by atoms with Gasteiger partial charge in [-0.1, -0.05) is 0 Å². The lowest BCUT2D eigenvalue weighted by atomic mass is 10.1. The second kappa shape index (κ2) is 9.79. The Morgan fingerprint density at radius 2 is 1.96 bits per heavy atom. The minimum atomic E-state index is -0.912. The summed E-state index contributed by atoms with van der Waals surface area (Å²) in [6.45, 7) is 1.65. The zero-order valence-corrected chi connectivity index (χ0v) is 18.0. The number of rotatable bonds is 6. The molecule has 0 radical (unpaired) electrons. The van der Waals surface area contributed by atoms with Crippen molar-refractivity contribution in [2.75, 3.05) is 13.7 Å². The fourth-order valence-corrected chi connectivity index (χ4v) is 3.64. The molecule has 2 rings (SSSR count). The fraction of sp³-hybridized carbons (Fsp3) is 0.158. The molecule has 0 bridgehead atoms. The van der Waals surface area contributed by atoms with Crippen molar-refractivity contribution in [3.8, 4) is 5.75 Å². The van der Waals surface area contributed by atoms with Gasteiger partial charge in [-0.2, -0.15) is 0 Å². The van der Waals surface area contributed by atoms with Crippen molar-refractivity contribution in [3.63, 3.8) is 0 Å². The highest BCUT2D eigenvalue weighted by atomic mass is 79.9. The van der Waals surface area contributed by atoms with E-state index in [1.54, 1.807) is 13.0 Å². The molecule has 0 saturated carbocycles. The Morgan fingerprint density at radius 1 is 1.25 bits per heavy atom. The second-order valence-electron chi connectivity index (χ2n) is 5.28. The lowest BCUT2D eigenvalue weighted by molar-refractivity contribution is -0.137. The number of carbonyl (C=O) groups is 1. The second-order valence-corrected chi connectivity index (χ2v) is 6.93. The molecule has 148 valence electrons. The first kappa shape index (κ1) is 22.0. The molecule has 1 N–H and O–H groups in total. The number of hydrogen-bond donors (Lipinski definition) is 1. The number of nitrogens with zero attached hydrogens (tertiary/aromatic N) is 1. The van der Waals surface area contributed by atoms with E-state index in [1.807, 2.05) is 0 Å². The number of hydrogen-bond acceptors (Lipinski definition) is 5. The largest absolute Gasteiger partial charge is 0.506 e. The predicted molar refractivity (Wildman–Crippen MR) is 109 cm³/mol. The fourth-order valence-electron chi connectivity index (χ4n) is 2.19. The maximum atomic E-state index is 13.8. The average Bonchev–Trinajstić information content (AvgIpc) is 2.64. The van der Waals surface area contributed by atoms with Crippen molar-refractivity contribution in [2.45, 2.75) is 6.92 Å². The SMILES string of the molecule is CCOC(=O)/C(C=Nc1ccc(F)cc1F)=C(\O)c1ccc(Br)c(OC)c1Br. The summed E-state index contributed by atoms with van der Waals surface area (Å²) in [5.41, 5.74) is -0.284. The normalized spacial score (nSPS) is 12.1. The molecule has 0 heterocycles. The van der Waals surface area contributed by atoms with Gasteiger partial charge < -0.3 is 14.6 Å². The monoisotopic (exact) mass is 517 g/mol. The molecule has 0 unspecified atom stereocenters. The van der Waals surface area contributed by atoms with Crippen LogP contribution in [0.5, 0.6) is 5.75 Å². The van der Waals surface area contributed by atoms with Gasteiger partial charge in [-0.25, -0.2) is 13.6 Å². The molecule has 0 spiro atoms. The molecule has 5 nitrogen and oxygen atoms in total. The van der Waals surface area contributed by atoms with Crippen LogP contribution < -0.4 is 4.74 Å². The van der Waals surface area contributed by atoms with Crippen molar-refractivity contribution >= 4 is 55.5 Å². The Labute approximate surface area is 176 Å². The molecule has 0 amide bonds. The van der Waals surface area contributed by atoms with Crippen LogP contribution in [0.2, 0.25) is 0 Å². The molecule has 2 aromatic rings. The van der Waals surface area contributed by atoms with E-state index in [9.17, 15) is 18.7 Å². The lowest BCUT2D eigenvalue weighted by Crippen LogP contribution is -2.11. The molecule has 0 fully saturated rings. The number of aliphatic hydroxyl groups excluding tert-OH is 1. The van der Waals surface area contributed by atoms with Gasteiger partial charge in [0.25, 0.3) is 0 Å². The average molecular weight is 519 g/mol. The quantitative estimate of drug-likeness (QED) is 0.229. The van der Waals surface area contributed by atoms with Gasteiger partial charge in [0.1, 0.15) is 22.9 Å². The van der Waals surface area contributed by atoms with Gasteiger partial charge in [0.2, 0.25) is 0 Å². The third-order valence-corrected chi connectivity index (χ3v) is 4.91. The number of ether oxygens (including phenoxy) is 2. The Bertz CT molecular complexity index is 961. The summed E-state index contributed by atoms with van der Waals surface area (Å²) in [4.78, 5) is 16.2. The highest BCUT2D eigenvalue weighted by Crippen LogP contribution is 2.38. The van der Waals surface area contributed by atoms with Gasteiger partial charge in [-0.15, -0.1) is 0 Å². The Balaban J connectivity index is 2.59. The molecule has 0 aliphatic rings. The van der Waals surface area contributed by atoms with Crippen LogP contribution in [-0.2, 0) is 9.53 Å². The minimum Gasteiger partial charge on any atom is -0.506 e. The number of aliphatic imine (C=N–C) groups is 1. The van der Waals surface area contributed by atoms with Gasteiger partial charge in [0.15, 0.2) is 5.82 Å². The zero-order valence-electron chi connectivity index (χ0n) is 14.8. The maximum absolute atomic E-state index is 13.8. The molecule has 0 aliphatic heterocycles. The number of esters is 1. The van der Waals surface area contributed by atoms with E-state index in [0.717, 1.165) is 18.3 Å². The predicted octanol–water partition coefficient (Wildman–Crippen LogP) is 5.73. The summed E-state index contributed by atoms with van der Waals surface area (Å²) in [6, 6.07) is 5.96. The van der Waals surface area contributed by atoms with Crippen LogP contribution in [0, 0.1) is 11.6 Å². The third kappa shape index (κ3) is 4.96. The molecular formula is C19H15Br2F2NO4. The van der Waals surface area contributed by atoms with Crippen LogP contribution in [0.3, 0.4) is 0 Å². The van der Waals surface area contributed by atoms with Gasteiger partial charge >= 0.3 is 5.97 Å². The third-order valence-electron chi connectivity index (χ3n) is 3.50. The van der Waals surface area contributed by atoms with Crippen LogP contribution in [0.15, 0.2) is 49.8 Å². The van der Waals surface area contributed by atoms with Gasteiger partial charge in [0.05, 0.1) is 28.3 Å². The minimum absolute atomic E-state index is 0.0548. The number of carbonyl (C=O) groups excluding carboxylic acids is 1. The van der Waals surface area contributed by atoms with Gasteiger partial charge in [0, 0.05) is 17.8 Å². The van der Waals surface area contributed by atoms with Gasteiger partial charge in [-0.3, -0.25) is 4.99 Å². The van der Waals surface area contributed by atoms with Crippen molar-refractivity contribution < 1.29 is 28.2 Å². The van der Waals surface area contributed by atoms with E-state index in [-0.39, 0.29) is 23.4 Å². The molecule has 0 saturated heterocycles. The molecule has 2 aromatic carbocycles. The van der Waals surface area contributed by atoms with E-state index < -0.39 is 23.4 Å². The number of benzene rings is 2. The van der Waals surface area contributed by atoms with Crippen molar-refractivity contribution in [3.05, 3.63) is 62.0 Å². The van der Waals surface area contributed by atoms with Crippen molar-refractivity contribution in [1.82, 2.24) is 0 Å². The number of aliphatic hydroxyl groups is 1. The first-order valence-electron chi connectivity index (χ1n) is 7.92. The first-order chi connectivity index (χ1) is 13.3. The molecule has 0 atom stereocenters. The molecular weight excluding hydrogens is 504 g/mol. The topological polar surface area (TPSA) is 68.1 Å². The summed E-state index contributed by atoms with van der Waals surface area (Å²) in [7, 11) is 1.44. The van der Waals surface area contributed by atoms with Crippen LogP contribution in [0.4, 0.5) is 14.5 Å². The van der Waals surface area contributed by atoms with Crippen LogP contribution in [0.25, 0.3) is 5.76 Å². The summed E-state index contributed by atoms with van der Waals surface area (Å²) < 4.78 is 38.0. The van der Waals surface area contributed by atoms with Crippen LogP contribution in [0.1, 0.15) is 12.5 Å². The first-order valence-corrected chi connectivity index (χ1v) is 9.50. The maximum Gasteiger partial charge on any atom is 0.343 e. The highest BCUT2D eigenvalue weighted by Gasteiger charge is 2.21. The smallest absolute Gasteiger partial charge is 0.343 e. The molecule has 9 heteroatoms. The van der Waals surface area contributed by atoms with Crippen LogP contribution >= 0.6 is 31.9 Å². The molecule has 0 aromatic heterocycles. The standard InChI is InChI=1S/C19H15Br2F2NO4/c1-3-28-19(26)12(9-24-15-7-4-10(22)8-14(15)23)17(25)11-5-6-13(20)18(27-2)16(11)21/h4-9,25H,3H2,1-2H3/b17-12-,24-9?. The Hall–Kier alpha value is -2.26. The molecule has 0 aliphatic carbocycles. The van der Waals surface area contributed by atoms with E-state index >= 15 is 0 Å². The van der Waals surface area contributed by atoms with E-state index in [2.05, 4.69) is 36.9 Å². The summed E-state index contributed by atoms with van der Waals surface area (Å²) in [5.74, 6) is -2.59. The lowest BCUT2D eigenvalue weighted by Gasteiger charge is -2.12. The Kier molecular flexibility index (Phi) is 7.70. The van der Waals surface area contributed by atoms with E-state index in [1.165, 1.54) is 13.2 Å². The number of halogens is 4. The Morgan fingerprint density at radius 3 is 2.57 bits per heavy atom. The highest BCUT2D eigenvalue weighted by molar-refractivity contribution is 9.11. The van der Waals surface area contributed by atoms with Crippen molar-refractivity contribution in [1.29, 1.82) is 0 Å².